The van der Waals surface area contributed by atoms with Gasteiger partial charge in [-0.1, -0.05) is 6.07 Å². The van der Waals surface area contributed by atoms with E-state index in [1.165, 1.54) is 12.7 Å². The van der Waals surface area contributed by atoms with E-state index in [1.54, 1.807) is 6.07 Å². The molecule has 1 aromatic carbocycles. The fourth-order valence-electron chi connectivity index (χ4n) is 3.56. The number of hydrogen-bond donors (Lipinski definition) is 1. The van der Waals surface area contributed by atoms with E-state index < -0.39 is 12.0 Å². The first-order chi connectivity index (χ1) is 10.3. The Morgan fingerprint density at radius 2 is 1.91 bits per heavy atom. The fourth-order valence-corrected chi connectivity index (χ4v) is 3.56. The van der Waals surface area contributed by atoms with Gasteiger partial charge in [-0.3, -0.25) is 0 Å². The Morgan fingerprint density at radius 3 is 2.50 bits per heavy atom. The van der Waals surface area contributed by atoms with Gasteiger partial charge in [-0.05, 0) is 56.9 Å². The van der Waals surface area contributed by atoms with E-state index in [9.17, 15) is 9.90 Å². The van der Waals surface area contributed by atoms with Gasteiger partial charge in [0.15, 0.2) is 0 Å². The second kappa shape index (κ2) is 5.33. The quantitative estimate of drug-likeness (QED) is 0.687. The molecule has 2 heterocycles. The summed E-state index contributed by atoms with van der Waals surface area (Å²) >= 11 is 0. The van der Waals surface area contributed by atoms with E-state index in [-0.39, 0.29) is 18.1 Å². The van der Waals surface area contributed by atoms with Gasteiger partial charge in [-0.2, -0.15) is 0 Å². The van der Waals surface area contributed by atoms with Gasteiger partial charge in [0.2, 0.25) is 6.41 Å². The number of carbonyl (C=O) groups excluding carboxylic acids is 1. The highest BCUT2D eigenvalue weighted by atomic mass is 16.6. The molecule has 3 rings (SSSR count). The van der Waals surface area contributed by atoms with Gasteiger partial charge < -0.3 is 14.6 Å². The molecule has 2 aliphatic heterocycles. The number of benzene rings is 1. The van der Waals surface area contributed by atoms with Crippen molar-refractivity contribution in [3.05, 3.63) is 34.9 Å². The van der Waals surface area contributed by atoms with Crippen LogP contribution in [0.4, 0.5) is 0 Å². The van der Waals surface area contributed by atoms with E-state index >= 15 is 0 Å². The summed E-state index contributed by atoms with van der Waals surface area (Å²) in [5.41, 5.74) is 2.43. The van der Waals surface area contributed by atoms with Crippen molar-refractivity contribution in [2.45, 2.75) is 57.7 Å². The van der Waals surface area contributed by atoms with Gasteiger partial charge in [-0.15, -0.1) is 0 Å². The van der Waals surface area contributed by atoms with Crippen molar-refractivity contribution in [3.63, 3.8) is 0 Å². The molecule has 22 heavy (non-hydrogen) atoms. The lowest BCUT2D eigenvalue weighted by atomic mass is 9.90. The van der Waals surface area contributed by atoms with Crippen LogP contribution in [-0.4, -0.2) is 35.1 Å². The molecule has 0 saturated carbocycles. The predicted molar refractivity (Wildman–Crippen MR) is 81.2 cm³/mol. The van der Waals surface area contributed by atoms with E-state index in [0.717, 1.165) is 18.4 Å². The summed E-state index contributed by atoms with van der Waals surface area (Å²) in [5, 5.41) is 10.5. The summed E-state index contributed by atoms with van der Waals surface area (Å²) in [7, 11) is 1.38. The first-order valence-electron chi connectivity index (χ1n) is 7.67. The third kappa shape index (κ3) is 2.53. The zero-order chi connectivity index (χ0) is 16.1. The van der Waals surface area contributed by atoms with Crippen LogP contribution in [0.5, 0.6) is 0 Å². The highest BCUT2D eigenvalue weighted by molar-refractivity contribution is 5.89. The van der Waals surface area contributed by atoms with Crippen LogP contribution in [0.3, 0.4) is 0 Å². The van der Waals surface area contributed by atoms with Gasteiger partial charge in [0.05, 0.1) is 18.3 Å². The average Bonchev–Trinajstić information content (AvgIpc) is 3.01. The average molecular weight is 305 g/mol. The second-order valence-electron chi connectivity index (χ2n) is 6.95. The van der Waals surface area contributed by atoms with Crippen LogP contribution in [0.2, 0.25) is 0 Å². The third-order valence-corrected chi connectivity index (χ3v) is 4.37. The number of hydrogen-bond acceptors (Lipinski definition) is 5. The van der Waals surface area contributed by atoms with Crippen molar-refractivity contribution in [2.24, 2.45) is 0 Å². The Hall–Kier alpha value is -1.43. The highest BCUT2D eigenvalue weighted by Crippen LogP contribution is 2.54. The van der Waals surface area contributed by atoms with Crippen LogP contribution in [0.1, 0.15) is 67.2 Å². The molecule has 2 aliphatic rings. The van der Waals surface area contributed by atoms with Crippen molar-refractivity contribution in [2.75, 3.05) is 7.11 Å². The first kappa shape index (κ1) is 15.5. The minimum absolute atomic E-state index is 0.0990. The van der Waals surface area contributed by atoms with Crippen molar-refractivity contribution in [3.8, 4) is 0 Å². The lowest BCUT2D eigenvalue weighted by Gasteiger charge is -2.32. The van der Waals surface area contributed by atoms with Crippen molar-refractivity contribution < 1.29 is 19.4 Å². The third-order valence-electron chi connectivity index (χ3n) is 4.37. The van der Waals surface area contributed by atoms with Gasteiger partial charge in [0.25, 0.3) is 0 Å². The molecule has 0 aliphatic carbocycles. The summed E-state index contributed by atoms with van der Waals surface area (Å²) in [6.07, 6.45) is 1.03. The van der Waals surface area contributed by atoms with Gasteiger partial charge in [0, 0.05) is 12.1 Å². The molecule has 3 atom stereocenters. The van der Waals surface area contributed by atoms with Crippen molar-refractivity contribution in [1.82, 2.24) is 4.90 Å². The zero-order valence-electron chi connectivity index (χ0n) is 13.5. The van der Waals surface area contributed by atoms with Crippen LogP contribution in [0.15, 0.2) is 18.2 Å². The van der Waals surface area contributed by atoms with Crippen LogP contribution in [0.25, 0.3) is 0 Å². The second-order valence-corrected chi connectivity index (χ2v) is 6.95. The molecule has 2 bridgehead atoms. The molecule has 0 radical (unpaired) electrons. The largest absolute Gasteiger partial charge is 0.465 e. The molecule has 0 spiro atoms. The summed E-state index contributed by atoms with van der Waals surface area (Å²) in [5.74, 6) is -0.330. The smallest absolute Gasteiger partial charge is 0.337 e. The molecule has 1 aromatic rings. The summed E-state index contributed by atoms with van der Waals surface area (Å²) in [6.45, 7) is 5.78. The number of methoxy groups -OCH3 is 1. The Labute approximate surface area is 130 Å². The maximum absolute atomic E-state index is 11.7. The van der Waals surface area contributed by atoms with Gasteiger partial charge in [0.1, 0.15) is 0 Å². The number of rotatable bonds is 3. The van der Waals surface area contributed by atoms with Gasteiger partial charge >= 0.3 is 5.97 Å². The summed E-state index contributed by atoms with van der Waals surface area (Å²) in [4.78, 5) is 13.7. The highest BCUT2D eigenvalue weighted by Gasteiger charge is 2.47. The first-order valence-corrected chi connectivity index (χ1v) is 7.67. The molecular weight excluding hydrogens is 282 g/mol. The Kier molecular flexibility index (Phi) is 3.75. The molecule has 0 amide bonds. The Balaban J connectivity index is 1.88. The molecule has 1 saturated heterocycles. The maximum atomic E-state index is 11.7. The molecule has 5 heteroatoms. The van der Waals surface area contributed by atoms with E-state index in [4.69, 9.17) is 9.47 Å². The van der Waals surface area contributed by atoms with E-state index in [0.29, 0.717) is 5.56 Å². The Morgan fingerprint density at radius 1 is 1.27 bits per heavy atom. The number of esters is 1. The van der Waals surface area contributed by atoms with E-state index in [2.05, 4.69) is 0 Å². The van der Waals surface area contributed by atoms with Crippen LogP contribution < -0.4 is 0 Å². The minimum Gasteiger partial charge on any atom is -0.465 e. The number of carbonyl (C=O) groups is 1. The number of ether oxygens (including phenoxy) is 2. The van der Waals surface area contributed by atoms with Gasteiger partial charge in [-0.25, -0.2) is 9.69 Å². The molecule has 1 fully saturated rings. The lowest BCUT2D eigenvalue weighted by Crippen LogP contribution is -2.40. The number of fused-ring (bicyclic) bond motifs is 5. The van der Waals surface area contributed by atoms with Crippen LogP contribution >= 0.6 is 0 Å². The normalized spacial score (nSPS) is 25.1. The zero-order valence-corrected chi connectivity index (χ0v) is 13.5. The molecule has 120 valence electrons. The minimum atomic E-state index is -0.938. The molecule has 5 nitrogen and oxygen atoms in total. The monoisotopic (exact) mass is 305 g/mol. The lowest BCUT2D eigenvalue weighted by molar-refractivity contribution is -0.249. The van der Waals surface area contributed by atoms with Crippen molar-refractivity contribution in [1.29, 1.82) is 0 Å². The van der Waals surface area contributed by atoms with E-state index in [1.807, 2.05) is 37.8 Å². The maximum Gasteiger partial charge on any atom is 0.337 e. The summed E-state index contributed by atoms with van der Waals surface area (Å²) in [6, 6.07) is 5.91. The standard InChI is InChI=1S/C17H23NO4/c1-17(2,3)22-16(20)18-13-7-8-14(18)12-9-10(15(19)21-4)5-6-11(12)13/h5-6,9,13-14,16,20H,7-8H2,1-4H3. The fraction of sp³-hybridized carbons (Fsp3) is 0.588. The van der Waals surface area contributed by atoms with Crippen LogP contribution in [0, 0.1) is 0 Å². The molecule has 1 N–H and O–H groups in total. The van der Waals surface area contributed by atoms with Crippen molar-refractivity contribution >= 4 is 5.97 Å². The van der Waals surface area contributed by atoms with Crippen LogP contribution in [-0.2, 0) is 9.47 Å². The Bertz CT molecular complexity index is 593. The predicted octanol–water partition coefficient (Wildman–Crippen LogP) is 2.76. The topological polar surface area (TPSA) is 59.0 Å². The molecule has 3 unspecified atom stereocenters. The molecular formula is C17H23NO4. The number of aliphatic hydroxyl groups is 1. The number of nitrogens with zero attached hydrogens (tertiary/aromatic N) is 1. The molecule has 0 aromatic heterocycles. The number of aliphatic hydroxyl groups excluding tert-OH is 1. The summed E-state index contributed by atoms with van der Waals surface area (Å²) < 4.78 is 10.5. The SMILES string of the molecule is COC(=O)c1ccc2c(c1)C1CCC2N1C(O)OC(C)(C)C.